The molecule has 2 aromatic heterocycles. The van der Waals surface area contributed by atoms with Crippen molar-refractivity contribution in [3.05, 3.63) is 85.7 Å². The number of Topliss-reactive ketones (excluding diaryl/α,β-unsaturated/α-hetero) is 1. The van der Waals surface area contributed by atoms with Crippen molar-refractivity contribution in [1.29, 1.82) is 0 Å². The molecule has 0 atom stereocenters. The van der Waals surface area contributed by atoms with Gasteiger partial charge in [-0.25, -0.2) is 0 Å². The van der Waals surface area contributed by atoms with Gasteiger partial charge in [-0.15, -0.1) is 0 Å². The quantitative estimate of drug-likeness (QED) is 0.218. The molecule has 2 aromatic carbocycles. The molecular weight excluding hydrogens is 542 g/mol. The SMILES string of the molecule is C=C(C)c1onc(-c2c(Cl)cccc2Cl)c1CC.CCc1c(-c2c(Cl)cccc2Cl)noc1C(C)=O. The molecule has 0 aliphatic carbocycles. The van der Waals surface area contributed by atoms with E-state index in [-0.39, 0.29) is 11.5 Å². The smallest absolute Gasteiger partial charge is 0.205 e. The number of aromatic nitrogens is 2. The van der Waals surface area contributed by atoms with Crippen LogP contribution in [0.1, 0.15) is 55.1 Å². The Bertz CT molecular complexity index is 1270. The Morgan fingerprint density at radius 3 is 1.44 bits per heavy atom. The molecular formula is C27H24Cl4N2O3. The summed E-state index contributed by atoms with van der Waals surface area (Å²) in [5.41, 5.74) is 5.12. The largest absolute Gasteiger partial charge is 0.356 e. The lowest BCUT2D eigenvalue weighted by Gasteiger charge is -2.05. The predicted octanol–water partition coefficient (Wildman–Crippen LogP) is 9.66. The molecule has 4 aromatic rings. The third-order valence-corrected chi connectivity index (χ3v) is 6.65. The second-order valence-corrected chi connectivity index (χ2v) is 9.54. The number of hydrogen-bond acceptors (Lipinski definition) is 5. The van der Waals surface area contributed by atoms with Gasteiger partial charge in [0.25, 0.3) is 0 Å². The van der Waals surface area contributed by atoms with Crippen LogP contribution in [0.2, 0.25) is 20.1 Å². The molecule has 0 N–H and O–H groups in total. The summed E-state index contributed by atoms with van der Waals surface area (Å²) < 4.78 is 10.4. The van der Waals surface area contributed by atoms with Crippen LogP contribution in [0.4, 0.5) is 0 Å². The van der Waals surface area contributed by atoms with Crippen LogP contribution in [0.25, 0.3) is 28.1 Å². The molecule has 5 nitrogen and oxygen atoms in total. The van der Waals surface area contributed by atoms with Gasteiger partial charge in [0.1, 0.15) is 11.4 Å². The minimum Gasteiger partial charge on any atom is -0.356 e. The lowest BCUT2D eigenvalue weighted by molar-refractivity contribution is 0.0977. The summed E-state index contributed by atoms with van der Waals surface area (Å²) in [6, 6.07) is 10.6. The zero-order chi connectivity index (χ0) is 26.6. The second-order valence-electron chi connectivity index (χ2n) is 7.91. The monoisotopic (exact) mass is 564 g/mol. The highest BCUT2D eigenvalue weighted by Gasteiger charge is 2.22. The van der Waals surface area contributed by atoms with Crippen LogP contribution in [0.15, 0.2) is 52.0 Å². The summed E-state index contributed by atoms with van der Waals surface area (Å²) in [5.74, 6) is 0.820. The molecule has 9 heteroatoms. The van der Waals surface area contributed by atoms with E-state index in [9.17, 15) is 4.79 Å². The molecule has 2 heterocycles. The van der Waals surface area contributed by atoms with E-state index in [0.717, 1.165) is 23.1 Å². The zero-order valence-corrected chi connectivity index (χ0v) is 23.2. The number of halogens is 4. The van der Waals surface area contributed by atoms with Crippen molar-refractivity contribution in [3.8, 4) is 22.5 Å². The Labute approximate surface area is 230 Å². The fourth-order valence-corrected chi connectivity index (χ4v) is 4.88. The van der Waals surface area contributed by atoms with Gasteiger partial charge in [0.15, 0.2) is 11.5 Å². The molecule has 0 saturated carbocycles. The second kappa shape index (κ2) is 12.1. The van der Waals surface area contributed by atoms with Crippen molar-refractivity contribution in [2.75, 3.05) is 0 Å². The Hall–Kier alpha value is -2.57. The van der Waals surface area contributed by atoms with Crippen molar-refractivity contribution in [1.82, 2.24) is 10.3 Å². The van der Waals surface area contributed by atoms with E-state index >= 15 is 0 Å². The van der Waals surface area contributed by atoms with Crippen molar-refractivity contribution in [3.63, 3.8) is 0 Å². The highest BCUT2D eigenvalue weighted by atomic mass is 35.5. The summed E-state index contributed by atoms with van der Waals surface area (Å²) in [7, 11) is 0. The maximum Gasteiger partial charge on any atom is 0.205 e. The van der Waals surface area contributed by atoms with E-state index < -0.39 is 0 Å². The number of benzene rings is 2. The molecule has 36 heavy (non-hydrogen) atoms. The summed E-state index contributed by atoms with van der Waals surface area (Å²) in [4.78, 5) is 11.4. The summed E-state index contributed by atoms with van der Waals surface area (Å²) in [5, 5.41) is 10.1. The number of carbonyl (C=O) groups is 1. The van der Waals surface area contributed by atoms with Crippen LogP contribution >= 0.6 is 46.4 Å². The van der Waals surface area contributed by atoms with Gasteiger partial charge in [0.2, 0.25) is 5.76 Å². The maximum atomic E-state index is 11.4. The van der Waals surface area contributed by atoms with Gasteiger partial charge < -0.3 is 9.05 Å². The lowest BCUT2D eigenvalue weighted by Crippen LogP contribution is -1.95. The Kier molecular flexibility index (Phi) is 9.42. The number of nitrogens with zero attached hydrogens (tertiary/aromatic N) is 2. The number of allylic oxidation sites excluding steroid dienone is 1. The van der Waals surface area contributed by atoms with E-state index in [1.54, 1.807) is 36.4 Å². The molecule has 0 radical (unpaired) electrons. The first-order valence-corrected chi connectivity index (χ1v) is 12.7. The molecule has 0 saturated heterocycles. The summed E-state index contributed by atoms with van der Waals surface area (Å²) >= 11 is 24.6. The van der Waals surface area contributed by atoms with Crippen LogP contribution < -0.4 is 0 Å². The Morgan fingerprint density at radius 2 is 1.11 bits per heavy atom. The molecule has 0 aliphatic heterocycles. The minimum atomic E-state index is -0.159. The van der Waals surface area contributed by atoms with Crippen LogP contribution in [-0.2, 0) is 12.8 Å². The topological polar surface area (TPSA) is 69.1 Å². The molecule has 0 spiro atoms. The van der Waals surface area contributed by atoms with Gasteiger partial charge in [0, 0.05) is 29.2 Å². The van der Waals surface area contributed by atoms with Gasteiger partial charge in [-0.3, -0.25) is 4.79 Å². The molecule has 0 amide bonds. The first-order valence-electron chi connectivity index (χ1n) is 11.1. The fourth-order valence-electron chi connectivity index (χ4n) is 3.73. The molecule has 0 unspecified atom stereocenters. The summed E-state index contributed by atoms with van der Waals surface area (Å²) in [6.07, 6.45) is 1.40. The Morgan fingerprint density at radius 1 is 0.750 bits per heavy atom. The standard InChI is InChI=1S/C14H13Cl2NO.C13H11Cl2NO2/c1-4-9-13(17-18-14(9)8(2)3)12-10(15)6-5-7-11(12)16;1-3-8-12(16-18-13(8)7(2)17)11-9(14)5-4-6-10(11)15/h5-7H,2,4H2,1,3H3;4-6H,3H2,1-2H3. The molecule has 0 aliphatic rings. The average Bonchev–Trinajstić information content (AvgIpc) is 3.44. The van der Waals surface area contributed by atoms with Gasteiger partial charge in [-0.1, -0.05) is 89.3 Å². The first-order chi connectivity index (χ1) is 17.1. The van der Waals surface area contributed by atoms with E-state index in [0.29, 0.717) is 54.8 Å². The van der Waals surface area contributed by atoms with Crippen molar-refractivity contribution in [2.45, 2.75) is 40.5 Å². The number of rotatable bonds is 6. The Balaban J connectivity index is 0.000000201. The third-order valence-electron chi connectivity index (χ3n) is 5.39. The van der Waals surface area contributed by atoms with Gasteiger partial charge >= 0.3 is 0 Å². The predicted molar refractivity (Wildman–Crippen MR) is 147 cm³/mol. The zero-order valence-electron chi connectivity index (χ0n) is 20.2. The molecule has 188 valence electrons. The van der Waals surface area contributed by atoms with Crippen LogP contribution in [0.5, 0.6) is 0 Å². The first kappa shape index (κ1) is 28.0. The van der Waals surface area contributed by atoms with Crippen molar-refractivity contribution < 1.29 is 13.8 Å². The number of hydrogen-bond donors (Lipinski definition) is 0. The van der Waals surface area contributed by atoms with Crippen LogP contribution in [-0.4, -0.2) is 16.1 Å². The third kappa shape index (κ3) is 5.70. The highest BCUT2D eigenvalue weighted by Crippen LogP contribution is 2.39. The number of carbonyl (C=O) groups excluding carboxylic acids is 1. The lowest BCUT2D eigenvalue weighted by atomic mass is 10.0. The normalized spacial score (nSPS) is 10.7. The summed E-state index contributed by atoms with van der Waals surface area (Å²) in [6.45, 7) is 11.2. The van der Waals surface area contributed by atoms with E-state index in [2.05, 4.69) is 16.9 Å². The van der Waals surface area contributed by atoms with Gasteiger partial charge in [-0.05, 0) is 49.6 Å². The fraction of sp³-hybridized carbons (Fsp3) is 0.222. The maximum absolute atomic E-state index is 11.4. The highest BCUT2D eigenvalue weighted by molar-refractivity contribution is 6.39. The van der Waals surface area contributed by atoms with Crippen molar-refractivity contribution >= 4 is 57.8 Å². The van der Waals surface area contributed by atoms with Crippen molar-refractivity contribution in [2.24, 2.45) is 0 Å². The average molecular weight is 566 g/mol. The van der Waals surface area contributed by atoms with Gasteiger partial charge in [0.05, 0.1) is 20.1 Å². The van der Waals surface area contributed by atoms with Crippen LogP contribution in [0.3, 0.4) is 0 Å². The van der Waals surface area contributed by atoms with E-state index in [1.807, 2.05) is 20.8 Å². The molecule has 0 fully saturated rings. The van der Waals surface area contributed by atoms with Gasteiger partial charge in [-0.2, -0.15) is 0 Å². The number of ketones is 1. The van der Waals surface area contributed by atoms with Crippen LogP contribution in [0, 0.1) is 0 Å². The molecule has 4 rings (SSSR count). The minimum absolute atomic E-state index is 0.159. The van der Waals surface area contributed by atoms with E-state index in [4.69, 9.17) is 55.4 Å². The van der Waals surface area contributed by atoms with E-state index in [1.165, 1.54) is 6.92 Å². The molecule has 0 bridgehead atoms.